The lowest BCUT2D eigenvalue weighted by molar-refractivity contribution is 0.0916. The number of carbonyl (C=O) groups is 1. The zero-order valence-electron chi connectivity index (χ0n) is 14.9. The predicted molar refractivity (Wildman–Crippen MR) is 105 cm³/mol. The molecule has 1 atom stereocenters. The molecule has 28 heavy (non-hydrogen) atoms. The monoisotopic (exact) mass is 375 g/mol. The molecule has 0 aliphatic carbocycles. The van der Waals surface area contributed by atoms with Gasteiger partial charge in [0.25, 0.3) is 5.91 Å². The van der Waals surface area contributed by atoms with Gasteiger partial charge in [0.2, 0.25) is 0 Å². The molecule has 0 aliphatic heterocycles. The van der Waals surface area contributed by atoms with Gasteiger partial charge in [-0.1, -0.05) is 42.5 Å². The number of aliphatic hydroxyl groups excluding tert-OH is 1. The summed E-state index contributed by atoms with van der Waals surface area (Å²) in [4.78, 5) is 12.7. The number of benzene rings is 3. The first-order valence-electron chi connectivity index (χ1n) is 8.86. The molecule has 0 radical (unpaired) electrons. The zero-order valence-corrected chi connectivity index (χ0v) is 14.9. The number of halogens is 1. The number of hydrogen-bond acceptors (Lipinski definition) is 3. The van der Waals surface area contributed by atoms with Crippen LogP contribution in [0.15, 0.2) is 72.8 Å². The smallest absolute Gasteiger partial charge is 0.251 e. The summed E-state index contributed by atoms with van der Waals surface area (Å²) in [5.41, 5.74) is 3.20. The molecule has 6 heteroatoms. The minimum atomic E-state index is -0.503. The SMILES string of the molecule is O=C(NC(CO)c1ccccc1)c1ccc2[nH]nc(-c3cccc(F)c3)c2c1. The Morgan fingerprint density at radius 3 is 2.64 bits per heavy atom. The van der Waals surface area contributed by atoms with Crippen molar-refractivity contribution in [3.63, 3.8) is 0 Å². The van der Waals surface area contributed by atoms with Crippen LogP contribution >= 0.6 is 0 Å². The molecule has 1 aromatic heterocycles. The van der Waals surface area contributed by atoms with Gasteiger partial charge in [0.1, 0.15) is 11.5 Å². The van der Waals surface area contributed by atoms with Gasteiger partial charge >= 0.3 is 0 Å². The van der Waals surface area contributed by atoms with E-state index in [4.69, 9.17) is 0 Å². The van der Waals surface area contributed by atoms with E-state index in [-0.39, 0.29) is 18.3 Å². The van der Waals surface area contributed by atoms with Crippen molar-refractivity contribution in [2.75, 3.05) is 6.61 Å². The third-order valence-electron chi connectivity index (χ3n) is 4.61. The molecule has 0 saturated carbocycles. The van der Waals surface area contributed by atoms with Gasteiger partial charge in [-0.2, -0.15) is 5.10 Å². The van der Waals surface area contributed by atoms with Crippen LogP contribution in [0.25, 0.3) is 22.2 Å². The topological polar surface area (TPSA) is 78.0 Å². The van der Waals surface area contributed by atoms with Gasteiger partial charge in [-0.25, -0.2) is 4.39 Å². The Kier molecular flexibility index (Phi) is 4.87. The largest absolute Gasteiger partial charge is 0.394 e. The molecule has 0 fully saturated rings. The molecule has 140 valence electrons. The number of nitrogens with zero attached hydrogens (tertiary/aromatic N) is 1. The zero-order chi connectivity index (χ0) is 19.5. The molecular formula is C22H18FN3O2. The molecule has 1 amide bonds. The summed E-state index contributed by atoms with van der Waals surface area (Å²) >= 11 is 0. The Morgan fingerprint density at radius 2 is 1.89 bits per heavy atom. The van der Waals surface area contributed by atoms with Crippen molar-refractivity contribution < 1.29 is 14.3 Å². The van der Waals surface area contributed by atoms with Crippen LogP contribution in [-0.4, -0.2) is 27.8 Å². The molecule has 1 unspecified atom stereocenters. The molecule has 0 saturated heterocycles. The molecule has 0 aliphatic rings. The fourth-order valence-corrected chi connectivity index (χ4v) is 3.17. The number of rotatable bonds is 5. The van der Waals surface area contributed by atoms with Crippen molar-refractivity contribution >= 4 is 16.8 Å². The Hall–Kier alpha value is -3.51. The van der Waals surface area contributed by atoms with Crippen LogP contribution in [0.1, 0.15) is 22.0 Å². The summed E-state index contributed by atoms with van der Waals surface area (Å²) in [6.07, 6.45) is 0. The van der Waals surface area contributed by atoms with Crippen molar-refractivity contribution in [1.82, 2.24) is 15.5 Å². The van der Waals surface area contributed by atoms with E-state index in [0.29, 0.717) is 16.8 Å². The Labute approximate surface area is 160 Å². The van der Waals surface area contributed by atoms with Gasteiger partial charge in [0.05, 0.1) is 18.2 Å². The lowest BCUT2D eigenvalue weighted by Crippen LogP contribution is -2.30. The van der Waals surface area contributed by atoms with Gasteiger partial charge < -0.3 is 10.4 Å². The van der Waals surface area contributed by atoms with E-state index in [1.807, 2.05) is 30.3 Å². The van der Waals surface area contributed by atoms with Gasteiger partial charge in [-0.3, -0.25) is 9.89 Å². The second-order valence-corrected chi connectivity index (χ2v) is 6.46. The molecule has 3 N–H and O–H groups in total. The summed E-state index contributed by atoms with van der Waals surface area (Å²) in [6.45, 7) is -0.210. The Bertz CT molecular complexity index is 1130. The van der Waals surface area contributed by atoms with Gasteiger partial charge in [-0.15, -0.1) is 0 Å². The number of aromatic nitrogens is 2. The van der Waals surface area contributed by atoms with Crippen LogP contribution < -0.4 is 5.32 Å². The fraction of sp³-hybridized carbons (Fsp3) is 0.0909. The summed E-state index contributed by atoms with van der Waals surface area (Å²) in [5, 5.41) is 20.4. The summed E-state index contributed by atoms with van der Waals surface area (Å²) < 4.78 is 13.6. The summed E-state index contributed by atoms with van der Waals surface area (Å²) in [5.74, 6) is -0.660. The Morgan fingerprint density at radius 1 is 1.07 bits per heavy atom. The molecular weight excluding hydrogens is 357 g/mol. The molecule has 4 rings (SSSR count). The van der Waals surface area contributed by atoms with Crippen LogP contribution in [0.2, 0.25) is 0 Å². The van der Waals surface area contributed by atoms with Crippen LogP contribution in [0.3, 0.4) is 0 Å². The highest BCUT2D eigenvalue weighted by Gasteiger charge is 2.17. The average Bonchev–Trinajstić information content (AvgIpc) is 3.15. The molecule has 0 bridgehead atoms. The highest BCUT2D eigenvalue weighted by Crippen LogP contribution is 2.27. The Balaban J connectivity index is 1.65. The van der Waals surface area contributed by atoms with E-state index in [2.05, 4.69) is 15.5 Å². The molecule has 4 aromatic rings. The number of fused-ring (bicyclic) bond motifs is 1. The molecule has 5 nitrogen and oxygen atoms in total. The summed E-state index contributed by atoms with van der Waals surface area (Å²) in [6, 6.07) is 20.1. The number of H-pyrrole nitrogens is 1. The lowest BCUT2D eigenvalue weighted by atomic mass is 10.0. The second-order valence-electron chi connectivity index (χ2n) is 6.46. The first-order valence-corrected chi connectivity index (χ1v) is 8.86. The first-order chi connectivity index (χ1) is 13.7. The number of carbonyl (C=O) groups excluding carboxylic acids is 1. The highest BCUT2D eigenvalue weighted by atomic mass is 19.1. The van der Waals surface area contributed by atoms with Crippen LogP contribution in [0, 0.1) is 5.82 Å². The van der Waals surface area contributed by atoms with Crippen LogP contribution in [0.5, 0.6) is 0 Å². The maximum Gasteiger partial charge on any atom is 0.251 e. The van der Waals surface area contributed by atoms with E-state index >= 15 is 0 Å². The second kappa shape index (κ2) is 7.62. The minimum absolute atomic E-state index is 0.210. The van der Waals surface area contributed by atoms with Crippen molar-refractivity contribution in [3.05, 3.63) is 89.7 Å². The lowest BCUT2D eigenvalue weighted by Gasteiger charge is -2.16. The van der Waals surface area contributed by atoms with Crippen LogP contribution in [0.4, 0.5) is 4.39 Å². The minimum Gasteiger partial charge on any atom is -0.394 e. The van der Waals surface area contributed by atoms with E-state index in [0.717, 1.165) is 16.5 Å². The number of nitrogens with one attached hydrogen (secondary N) is 2. The van der Waals surface area contributed by atoms with Crippen molar-refractivity contribution in [3.8, 4) is 11.3 Å². The first kappa shape index (κ1) is 17.9. The van der Waals surface area contributed by atoms with Crippen molar-refractivity contribution in [2.24, 2.45) is 0 Å². The molecule has 3 aromatic carbocycles. The maximum atomic E-state index is 13.6. The third-order valence-corrected chi connectivity index (χ3v) is 4.61. The van der Waals surface area contributed by atoms with E-state index < -0.39 is 6.04 Å². The standard InChI is InChI=1S/C22H18FN3O2/c23-17-8-4-7-15(11-17)21-18-12-16(9-10-19(18)25-26-21)22(28)24-20(13-27)14-5-2-1-3-6-14/h1-12,20,27H,13H2,(H,24,28)(H,25,26). The van der Waals surface area contributed by atoms with Gasteiger partial charge in [0, 0.05) is 16.5 Å². The van der Waals surface area contributed by atoms with Gasteiger partial charge in [-0.05, 0) is 35.9 Å². The molecule has 0 spiro atoms. The number of amides is 1. The van der Waals surface area contributed by atoms with Crippen molar-refractivity contribution in [2.45, 2.75) is 6.04 Å². The fourth-order valence-electron chi connectivity index (χ4n) is 3.17. The molecule has 1 heterocycles. The maximum absolute atomic E-state index is 13.6. The quantitative estimate of drug-likeness (QED) is 0.496. The number of aliphatic hydroxyl groups is 1. The third kappa shape index (κ3) is 3.50. The highest BCUT2D eigenvalue weighted by molar-refractivity contribution is 6.01. The van der Waals surface area contributed by atoms with E-state index in [1.165, 1.54) is 12.1 Å². The van der Waals surface area contributed by atoms with Crippen LogP contribution in [-0.2, 0) is 0 Å². The van der Waals surface area contributed by atoms with E-state index in [1.54, 1.807) is 30.3 Å². The van der Waals surface area contributed by atoms with Gasteiger partial charge in [0.15, 0.2) is 0 Å². The normalized spacial score (nSPS) is 12.1. The predicted octanol–water partition coefficient (Wildman–Crippen LogP) is 3.83. The van der Waals surface area contributed by atoms with E-state index in [9.17, 15) is 14.3 Å². The number of hydrogen-bond donors (Lipinski definition) is 3. The van der Waals surface area contributed by atoms with Crippen molar-refractivity contribution in [1.29, 1.82) is 0 Å². The summed E-state index contributed by atoms with van der Waals surface area (Å²) in [7, 11) is 0. The average molecular weight is 375 g/mol. The number of aromatic amines is 1.